The molecule has 3 nitrogen and oxygen atoms in total. The van der Waals surface area contributed by atoms with Crippen molar-refractivity contribution in [3.8, 4) is 0 Å². The Bertz CT molecular complexity index is 245. The maximum absolute atomic E-state index is 4.41. The minimum absolute atomic E-state index is 0.512. The molecule has 0 bridgehead atoms. The molecular formula is C11H19N3. The van der Waals surface area contributed by atoms with Crippen LogP contribution in [0.5, 0.6) is 0 Å². The number of rotatable bonds is 2. The Morgan fingerprint density at radius 1 is 1.36 bits per heavy atom. The second kappa shape index (κ2) is 4.22. The highest BCUT2D eigenvalue weighted by atomic mass is 15.0. The number of hydrogen-bond donors (Lipinski definition) is 1. The molecule has 1 aliphatic heterocycles. The third-order valence-electron chi connectivity index (χ3n) is 3.03. The first-order chi connectivity index (χ1) is 6.75. The highest BCUT2D eigenvalue weighted by Crippen LogP contribution is 2.27. The number of nitrogens with one attached hydrogen (secondary N) is 1. The molecule has 3 atom stereocenters. The van der Waals surface area contributed by atoms with Crippen LogP contribution in [-0.2, 0) is 0 Å². The van der Waals surface area contributed by atoms with Gasteiger partial charge in [-0.3, -0.25) is 4.99 Å². The van der Waals surface area contributed by atoms with E-state index in [9.17, 15) is 0 Å². The fourth-order valence-corrected chi connectivity index (χ4v) is 2.43. The van der Waals surface area contributed by atoms with Crippen molar-refractivity contribution in [2.24, 2.45) is 15.9 Å². The summed E-state index contributed by atoms with van der Waals surface area (Å²) in [5, 5.41) is 3.60. The Morgan fingerprint density at radius 2 is 2.21 bits per heavy atom. The van der Waals surface area contributed by atoms with Crippen molar-refractivity contribution in [1.29, 1.82) is 0 Å². The molecule has 0 aromatic heterocycles. The lowest BCUT2D eigenvalue weighted by Gasteiger charge is -2.34. The molecule has 0 saturated heterocycles. The molecule has 78 valence electrons. The van der Waals surface area contributed by atoms with Crippen LogP contribution in [0.3, 0.4) is 0 Å². The van der Waals surface area contributed by atoms with E-state index < -0.39 is 0 Å². The van der Waals surface area contributed by atoms with Crippen LogP contribution < -0.4 is 5.32 Å². The number of nitrogens with zero attached hydrogens (tertiary/aromatic N) is 2. The van der Waals surface area contributed by atoms with E-state index in [-0.39, 0.29) is 0 Å². The molecule has 1 fully saturated rings. The van der Waals surface area contributed by atoms with Crippen LogP contribution in [-0.4, -0.2) is 30.7 Å². The summed E-state index contributed by atoms with van der Waals surface area (Å²) in [7, 11) is 0. The molecule has 14 heavy (non-hydrogen) atoms. The van der Waals surface area contributed by atoms with Gasteiger partial charge in [-0.2, -0.15) is 0 Å². The van der Waals surface area contributed by atoms with E-state index in [0.717, 1.165) is 0 Å². The van der Waals surface area contributed by atoms with Gasteiger partial charge in [-0.1, -0.05) is 13.8 Å². The summed E-state index contributed by atoms with van der Waals surface area (Å²) < 4.78 is 0. The van der Waals surface area contributed by atoms with Crippen LogP contribution >= 0.6 is 0 Å². The number of aliphatic imine (C=N–C) groups is 2. The van der Waals surface area contributed by atoms with Crippen molar-refractivity contribution >= 4 is 12.6 Å². The molecular weight excluding hydrogens is 174 g/mol. The van der Waals surface area contributed by atoms with Gasteiger partial charge in [-0.15, -0.1) is 0 Å². The predicted molar refractivity (Wildman–Crippen MR) is 60.2 cm³/mol. The van der Waals surface area contributed by atoms with Crippen LogP contribution in [0.25, 0.3) is 0 Å². The smallest absolute Gasteiger partial charge is 0.109 e. The fourth-order valence-electron chi connectivity index (χ4n) is 2.43. The van der Waals surface area contributed by atoms with Crippen molar-refractivity contribution in [2.75, 3.05) is 0 Å². The Balaban J connectivity index is 1.90. The zero-order chi connectivity index (χ0) is 9.97. The van der Waals surface area contributed by atoms with Crippen LogP contribution in [0.2, 0.25) is 0 Å². The maximum Gasteiger partial charge on any atom is 0.109 e. The minimum atomic E-state index is 0.512. The Hall–Kier alpha value is -0.700. The summed E-state index contributed by atoms with van der Waals surface area (Å²) in [5.74, 6) is 0.574. The van der Waals surface area contributed by atoms with E-state index in [2.05, 4.69) is 35.4 Å². The monoisotopic (exact) mass is 193 g/mol. The summed E-state index contributed by atoms with van der Waals surface area (Å²) in [4.78, 5) is 8.54. The zero-order valence-electron chi connectivity index (χ0n) is 8.98. The lowest BCUT2D eigenvalue weighted by atomic mass is 9.82. The number of hydrogen-bond acceptors (Lipinski definition) is 3. The molecule has 1 saturated carbocycles. The first-order valence-electron chi connectivity index (χ1n) is 5.56. The molecule has 1 aliphatic carbocycles. The van der Waals surface area contributed by atoms with Crippen LogP contribution in [0.4, 0.5) is 0 Å². The van der Waals surface area contributed by atoms with Crippen molar-refractivity contribution in [3.63, 3.8) is 0 Å². The predicted octanol–water partition coefficient (Wildman–Crippen LogP) is 1.63. The van der Waals surface area contributed by atoms with Gasteiger partial charge < -0.3 is 5.32 Å². The summed E-state index contributed by atoms with van der Waals surface area (Å²) in [6, 6.07) is 1.76. The average molecular weight is 193 g/mol. The van der Waals surface area contributed by atoms with E-state index in [0.29, 0.717) is 24.0 Å². The molecule has 1 heterocycles. The topological polar surface area (TPSA) is 36.8 Å². The summed E-state index contributed by atoms with van der Waals surface area (Å²) in [6.45, 7) is 4.42. The molecule has 0 spiro atoms. The normalized spacial score (nSPS) is 36.1. The first-order valence-corrected chi connectivity index (χ1v) is 5.56. The molecule has 3 heteroatoms. The molecule has 0 radical (unpaired) electrons. The fraction of sp³-hybridized carbons (Fsp3) is 0.818. The van der Waals surface area contributed by atoms with Crippen molar-refractivity contribution < 1.29 is 0 Å². The molecule has 0 amide bonds. The minimum Gasteiger partial charge on any atom is -0.312 e. The third kappa shape index (κ3) is 2.21. The van der Waals surface area contributed by atoms with Gasteiger partial charge in [-0.25, -0.2) is 4.99 Å². The molecule has 3 unspecified atom stereocenters. The Kier molecular flexibility index (Phi) is 2.96. The summed E-state index contributed by atoms with van der Waals surface area (Å²) in [5.41, 5.74) is 0. The number of fused-ring (bicyclic) bond motifs is 1. The van der Waals surface area contributed by atoms with E-state index in [1.807, 2.05) is 0 Å². The molecule has 2 aliphatic rings. The standard InChI is InChI=1S/C11H19N3/c1-8(2)14-10-3-4-11-9(5-10)6-12-7-13-11/h6-11,14H,3-5H2,1-2H3. The van der Waals surface area contributed by atoms with Crippen LogP contribution in [0, 0.1) is 5.92 Å². The summed E-state index contributed by atoms with van der Waals surface area (Å²) in [6.07, 6.45) is 7.44. The molecule has 0 aromatic rings. The van der Waals surface area contributed by atoms with E-state index >= 15 is 0 Å². The van der Waals surface area contributed by atoms with E-state index in [4.69, 9.17) is 0 Å². The average Bonchev–Trinajstić information content (AvgIpc) is 2.17. The van der Waals surface area contributed by atoms with E-state index in [1.165, 1.54) is 19.3 Å². The van der Waals surface area contributed by atoms with Crippen LogP contribution in [0.15, 0.2) is 9.98 Å². The lowest BCUT2D eigenvalue weighted by molar-refractivity contribution is 0.292. The second-order valence-electron chi connectivity index (χ2n) is 4.63. The molecule has 2 rings (SSSR count). The first kappa shape index (κ1) is 9.84. The van der Waals surface area contributed by atoms with Gasteiger partial charge in [0, 0.05) is 24.2 Å². The SMILES string of the molecule is CC(C)NC1CCC2N=CN=CC2C1. The van der Waals surface area contributed by atoms with Gasteiger partial charge in [0.2, 0.25) is 0 Å². The second-order valence-corrected chi connectivity index (χ2v) is 4.63. The summed E-state index contributed by atoms with van der Waals surface area (Å²) >= 11 is 0. The van der Waals surface area contributed by atoms with Gasteiger partial charge in [-0.05, 0) is 19.3 Å². The highest BCUT2D eigenvalue weighted by molar-refractivity contribution is 5.77. The highest BCUT2D eigenvalue weighted by Gasteiger charge is 2.29. The quantitative estimate of drug-likeness (QED) is 0.711. The Morgan fingerprint density at radius 3 is 3.00 bits per heavy atom. The molecule has 0 aromatic carbocycles. The van der Waals surface area contributed by atoms with Gasteiger partial charge in [0.15, 0.2) is 0 Å². The zero-order valence-corrected chi connectivity index (χ0v) is 8.98. The van der Waals surface area contributed by atoms with Crippen molar-refractivity contribution in [3.05, 3.63) is 0 Å². The van der Waals surface area contributed by atoms with Crippen molar-refractivity contribution in [1.82, 2.24) is 5.32 Å². The van der Waals surface area contributed by atoms with Crippen molar-refractivity contribution in [2.45, 2.75) is 51.2 Å². The van der Waals surface area contributed by atoms with Gasteiger partial charge in [0.05, 0.1) is 6.04 Å². The van der Waals surface area contributed by atoms with E-state index in [1.54, 1.807) is 6.34 Å². The largest absolute Gasteiger partial charge is 0.312 e. The lowest BCUT2D eigenvalue weighted by Crippen LogP contribution is -2.43. The molecule has 1 N–H and O–H groups in total. The van der Waals surface area contributed by atoms with Gasteiger partial charge >= 0.3 is 0 Å². The van der Waals surface area contributed by atoms with Gasteiger partial charge in [0.1, 0.15) is 6.34 Å². The van der Waals surface area contributed by atoms with Gasteiger partial charge in [0.25, 0.3) is 0 Å². The van der Waals surface area contributed by atoms with Crippen LogP contribution in [0.1, 0.15) is 33.1 Å². The Labute approximate surface area is 85.7 Å². The third-order valence-corrected chi connectivity index (χ3v) is 3.03. The maximum atomic E-state index is 4.41.